The van der Waals surface area contributed by atoms with Crippen LogP contribution in [0.15, 0.2) is 35.1 Å². The highest BCUT2D eigenvalue weighted by atomic mass is 16.6. The maximum absolute atomic E-state index is 12.7. The van der Waals surface area contributed by atoms with Gasteiger partial charge in [0.25, 0.3) is 11.5 Å². The highest BCUT2D eigenvalue weighted by molar-refractivity contribution is 5.92. The van der Waals surface area contributed by atoms with Gasteiger partial charge in [-0.25, -0.2) is 5.10 Å². The second-order valence-corrected chi connectivity index (χ2v) is 5.87. The second-order valence-electron chi connectivity index (χ2n) is 5.87. The number of amides is 1. The zero-order chi connectivity index (χ0) is 16.5. The van der Waals surface area contributed by atoms with Gasteiger partial charge in [0, 0.05) is 12.6 Å². The first-order valence-corrected chi connectivity index (χ1v) is 7.98. The molecule has 124 valence electrons. The van der Waals surface area contributed by atoms with E-state index in [1.54, 1.807) is 4.90 Å². The number of nitrogens with one attached hydrogen (secondary N) is 1. The van der Waals surface area contributed by atoms with Gasteiger partial charge in [0.05, 0.1) is 6.04 Å². The molecule has 0 saturated carbocycles. The van der Waals surface area contributed by atoms with Crippen molar-refractivity contribution in [1.82, 2.24) is 15.1 Å². The topological polar surface area (TPSA) is 84.5 Å². The van der Waals surface area contributed by atoms with Gasteiger partial charge in [0.2, 0.25) is 0 Å². The third kappa shape index (κ3) is 2.62. The van der Waals surface area contributed by atoms with Crippen molar-refractivity contribution in [3.8, 4) is 11.5 Å². The van der Waals surface area contributed by atoms with E-state index in [4.69, 9.17) is 9.47 Å². The summed E-state index contributed by atoms with van der Waals surface area (Å²) in [4.78, 5) is 25.6. The molecule has 4 rings (SSSR count). The summed E-state index contributed by atoms with van der Waals surface area (Å²) in [6.45, 7) is 1.75. The highest BCUT2D eigenvalue weighted by Gasteiger charge is 2.32. The van der Waals surface area contributed by atoms with Gasteiger partial charge < -0.3 is 14.4 Å². The minimum atomic E-state index is -0.323. The van der Waals surface area contributed by atoms with Gasteiger partial charge in [-0.15, -0.1) is 0 Å². The van der Waals surface area contributed by atoms with Crippen molar-refractivity contribution < 1.29 is 14.3 Å². The van der Waals surface area contributed by atoms with Gasteiger partial charge in [-0.3, -0.25) is 9.59 Å². The number of ether oxygens (including phenoxy) is 2. The minimum absolute atomic E-state index is 0.0259. The van der Waals surface area contributed by atoms with Crippen molar-refractivity contribution in [3.63, 3.8) is 0 Å². The SMILES string of the molecule is O=C(c1ccc(=O)[nH]n1)N1CCCC1c1ccc2c(c1)OCCO2. The molecule has 1 aromatic heterocycles. The minimum Gasteiger partial charge on any atom is -0.486 e. The molecule has 2 aromatic rings. The Morgan fingerprint density at radius 3 is 2.79 bits per heavy atom. The summed E-state index contributed by atoms with van der Waals surface area (Å²) in [5, 5.41) is 6.16. The number of benzene rings is 1. The number of likely N-dealkylation sites (tertiary alicyclic amines) is 1. The zero-order valence-electron chi connectivity index (χ0n) is 13.0. The summed E-state index contributed by atoms with van der Waals surface area (Å²) in [6.07, 6.45) is 1.81. The largest absolute Gasteiger partial charge is 0.486 e. The Hall–Kier alpha value is -2.83. The number of carbonyl (C=O) groups is 1. The zero-order valence-corrected chi connectivity index (χ0v) is 13.0. The van der Waals surface area contributed by atoms with Crippen molar-refractivity contribution in [1.29, 1.82) is 0 Å². The Bertz CT molecular complexity index is 812. The molecular weight excluding hydrogens is 310 g/mol. The van der Waals surface area contributed by atoms with Crippen LogP contribution in [0.5, 0.6) is 11.5 Å². The van der Waals surface area contributed by atoms with E-state index in [1.807, 2.05) is 18.2 Å². The van der Waals surface area contributed by atoms with Gasteiger partial charge in [0.15, 0.2) is 11.5 Å². The van der Waals surface area contributed by atoms with E-state index >= 15 is 0 Å². The molecule has 1 unspecified atom stereocenters. The number of fused-ring (bicyclic) bond motifs is 1. The number of H-pyrrole nitrogens is 1. The number of hydrogen-bond donors (Lipinski definition) is 1. The first kappa shape index (κ1) is 14.7. The highest BCUT2D eigenvalue weighted by Crippen LogP contribution is 2.38. The van der Waals surface area contributed by atoms with E-state index in [0.717, 1.165) is 29.9 Å². The monoisotopic (exact) mass is 327 g/mol. The molecule has 1 fully saturated rings. The van der Waals surface area contributed by atoms with E-state index in [9.17, 15) is 9.59 Å². The Labute approximate surface area is 138 Å². The van der Waals surface area contributed by atoms with Crippen LogP contribution in [0, 0.1) is 0 Å². The number of rotatable bonds is 2. The number of carbonyl (C=O) groups excluding carboxylic acids is 1. The van der Waals surface area contributed by atoms with Gasteiger partial charge >= 0.3 is 0 Å². The van der Waals surface area contributed by atoms with Crippen molar-refractivity contribution in [2.45, 2.75) is 18.9 Å². The Kier molecular flexibility index (Phi) is 3.68. The summed E-state index contributed by atoms with van der Waals surface area (Å²) in [6, 6.07) is 8.57. The molecule has 1 atom stereocenters. The molecule has 24 heavy (non-hydrogen) atoms. The van der Waals surface area contributed by atoms with Crippen LogP contribution in [-0.4, -0.2) is 40.8 Å². The Morgan fingerprint density at radius 1 is 1.17 bits per heavy atom. The van der Waals surface area contributed by atoms with Crippen LogP contribution < -0.4 is 15.0 Å². The van der Waals surface area contributed by atoms with Crippen molar-refractivity contribution in [2.24, 2.45) is 0 Å². The van der Waals surface area contributed by atoms with E-state index in [1.165, 1.54) is 12.1 Å². The van der Waals surface area contributed by atoms with Gasteiger partial charge in [0.1, 0.15) is 18.9 Å². The molecule has 1 N–H and O–H groups in total. The van der Waals surface area contributed by atoms with E-state index < -0.39 is 0 Å². The van der Waals surface area contributed by atoms with Crippen LogP contribution in [-0.2, 0) is 0 Å². The number of aromatic nitrogens is 2. The summed E-state index contributed by atoms with van der Waals surface area (Å²) in [5.41, 5.74) is 0.949. The van der Waals surface area contributed by atoms with Crippen LogP contribution in [0.1, 0.15) is 34.9 Å². The van der Waals surface area contributed by atoms with Crippen LogP contribution in [0.4, 0.5) is 0 Å². The fraction of sp³-hybridized carbons (Fsp3) is 0.353. The second kappa shape index (κ2) is 5.99. The van der Waals surface area contributed by atoms with E-state index in [-0.39, 0.29) is 23.2 Å². The smallest absolute Gasteiger partial charge is 0.274 e. The van der Waals surface area contributed by atoms with Crippen LogP contribution in [0.2, 0.25) is 0 Å². The van der Waals surface area contributed by atoms with Gasteiger partial charge in [-0.2, -0.15) is 5.10 Å². The molecule has 0 spiro atoms. The summed E-state index contributed by atoms with van der Waals surface area (Å²) < 4.78 is 11.2. The van der Waals surface area contributed by atoms with Gasteiger partial charge in [-0.1, -0.05) is 6.07 Å². The lowest BCUT2D eigenvalue weighted by Crippen LogP contribution is -2.32. The first-order valence-electron chi connectivity index (χ1n) is 7.98. The maximum atomic E-state index is 12.7. The fourth-order valence-electron chi connectivity index (χ4n) is 3.23. The van der Waals surface area contributed by atoms with Crippen molar-refractivity contribution in [2.75, 3.05) is 19.8 Å². The molecule has 0 aliphatic carbocycles. The average Bonchev–Trinajstić information content (AvgIpc) is 3.11. The molecule has 1 saturated heterocycles. The molecule has 7 nitrogen and oxygen atoms in total. The number of hydrogen-bond acceptors (Lipinski definition) is 5. The lowest BCUT2D eigenvalue weighted by Gasteiger charge is -2.26. The molecule has 2 aliphatic heterocycles. The molecule has 0 radical (unpaired) electrons. The van der Waals surface area contributed by atoms with Crippen LogP contribution in [0.3, 0.4) is 0 Å². The Balaban J connectivity index is 1.61. The molecule has 3 heterocycles. The standard InChI is InChI=1S/C17H17N3O4/c21-16-6-4-12(18-19-16)17(22)20-7-1-2-13(20)11-3-5-14-15(10-11)24-9-8-23-14/h3-6,10,13H,1-2,7-9H2,(H,19,21). The predicted octanol–water partition coefficient (Wildman–Crippen LogP) is 1.52. The number of aromatic amines is 1. The number of nitrogens with zero attached hydrogens (tertiary/aromatic N) is 2. The van der Waals surface area contributed by atoms with E-state index in [0.29, 0.717) is 19.8 Å². The Morgan fingerprint density at radius 2 is 2.00 bits per heavy atom. The molecule has 0 bridgehead atoms. The van der Waals surface area contributed by atoms with Crippen LogP contribution in [0.25, 0.3) is 0 Å². The first-order chi connectivity index (χ1) is 11.7. The molecule has 1 aromatic carbocycles. The fourth-order valence-corrected chi connectivity index (χ4v) is 3.23. The lowest BCUT2D eigenvalue weighted by atomic mass is 10.0. The predicted molar refractivity (Wildman–Crippen MR) is 85.3 cm³/mol. The summed E-state index contributed by atoms with van der Waals surface area (Å²) >= 11 is 0. The maximum Gasteiger partial charge on any atom is 0.274 e. The molecular formula is C17H17N3O4. The molecule has 7 heteroatoms. The quantitative estimate of drug-likeness (QED) is 0.904. The van der Waals surface area contributed by atoms with Crippen LogP contribution >= 0.6 is 0 Å². The lowest BCUT2D eigenvalue weighted by molar-refractivity contribution is 0.0728. The third-order valence-corrected chi connectivity index (χ3v) is 4.36. The van der Waals surface area contributed by atoms with Crippen molar-refractivity contribution in [3.05, 3.63) is 51.9 Å². The third-order valence-electron chi connectivity index (χ3n) is 4.36. The van der Waals surface area contributed by atoms with Crippen molar-refractivity contribution >= 4 is 5.91 Å². The summed E-state index contributed by atoms with van der Waals surface area (Å²) in [7, 11) is 0. The molecule has 1 amide bonds. The van der Waals surface area contributed by atoms with E-state index in [2.05, 4.69) is 10.2 Å². The average molecular weight is 327 g/mol. The van der Waals surface area contributed by atoms with Gasteiger partial charge in [-0.05, 0) is 36.6 Å². The summed E-state index contributed by atoms with van der Waals surface area (Å²) in [5.74, 6) is 1.28. The molecule has 2 aliphatic rings. The normalized spacial score (nSPS) is 19.3.